The maximum absolute atomic E-state index is 12.6. The van der Waals surface area contributed by atoms with Gasteiger partial charge in [0.25, 0.3) is 0 Å². The van der Waals surface area contributed by atoms with Crippen molar-refractivity contribution in [3.05, 3.63) is 24.3 Å². The van der Waals surface area contributed by atoms with E-state index in [0.29, 0.717) is 36.4 Å². The topological polar surface area (TPSA) is 84.4 Å². The summed E-state index contributed by atoms with van der Waals surface area (Å²) >= 11 is 0. The molecule has 7 heteroatoms. The van der Waals surface area contributed by atoms with Gasteiger partial charge in [-0.15, -0.1) is 0 Å². The summed E-state index contributed by atoms with van der Waals surface area (Å²) in [6.45, 7) is 4.88. The Bertz CT molecular complexity index is 632. The van der Waals surface area contributed by atoms with E-state index in [9.17, 15) is 4.79 Å². The summed E-state index contributed by atoms with van der Waals surface area (Å²) in [4.78, 5) is 19.0. The molecule has 0 aromatic carbocycles. The number of nitrogens with one attached hydrogen (secondary N) is 1. The zero-order valence-corrected chi connectivity index (χ0v) is 14.0. The molecule has 0 saturated carbocycles. The van der Waals surface area contributed by atoms with E-state index < -0.39 is 0 Å². The Hall–Kier alpha value is -2.15. The second-order valence-electron chi connectivity index (χ2n) is 6.06. The first-order valence-corrected chi connectivity index (χ1v) is 8.64. The van der Waals surface area contributed by atoms with Crippen molar-refractivity contribution in [2.75, 3.05) is 19.6 Å². The molecule has 0 bridgehead atoms. The highest BCUT2D eigenvalue weighted by Gasteiger charge is 2.24. The average molecular weight is 332 g/mol. The zero-order valence-electron chi connectivity index (χ0n) is 14.0. The highest BCUT2D eigenvalue weighted by Crippen LogP contribution is 2.18. The van der Waals surface area contributed by atoms with E-state index in [0.717, 1.165) is 38.9 Å². The quantitative estimate of drug-likeness (QED) is 0.837. The monoisotopic (exact) mass is 332 g/mol. The van der Waals surface area contributed by atoms with Crippen molar-refractivity contribution in [3.8, 4) is 11.6 Å². The first-order valence-electron chi connectivity index (χ1n) is 8.64. The van der Waals surface area contributed by atoms with Crippen molar-refractivity contribution in [1.29, 1.82) is 0 Å². The summed E-state index contributed by atoms with van der Waals surface area (Å²) in [6.07, 6.45) is 5.43. The van der Waals surface area contributed by atoms with Crippen molar-refractivity contribution >= 4 is 5.91 Å². The Morgan fingerprint density at radius 3 is 2.96 bits per heavy atom. The molecule has 2 aromatic rings. The molecule has 0 atom stereocenters. The summed E-state index contributed by atoms with van der Waals surface area (Å²) < 4.78 is 10.5. The molecule has 0 aliphatic carbocycles. The van der Waals surface area contributed by atoms with Gasteiger partial charge in [-0.05, 0) is 44.5 Å². The molecular weight excluding hydrogens is 308 g/mol. The number of piperidine rings is 1. The van der Waals surface area contributed by atoms with Crippen molar-refractivity contribution in [2.45, 2.75) is 45.1 Å². The Morgan fingerprint density at radius 2 is 2.25 bits per heavy atom. The van der Waals surface area contributed by atoms with Crippen LogP contribution in [-0.2, 0) is 11.2 Å². The number of aryl methyl sites for hydroxylation is 1. The second kappa shape index (κ2) is 8.10. The lowest BCUT2D eigenvalue weighted by Crippen LogP contribution is -2.46. The standard InChI is InChI=1S/C17H24N4O3/c1-2-11-21(13-7-9-18-10-8-13)16(22)6-5-15-19-17(20-24-15)14-4-3-12-23-14/h3-4,12-13,18H,2,5-11H2,1H3. The first-order chi connectivity index (χ1) is 11.8. The number of carbonyl (C=O) groups is 1. The first kappa shape index (κ1) is 16.7. The molecule has 0 unspecified atom stereocenters. The Kier molecular flexibility index (Phi) is 5.63. The highest BCUT2D eigenvalue weighted by molar-refractivity contribution is 5.76. The normalized spacial score (nSPS) is 15.5. The molecule has 1 aliphatic heterocycles. The zero-order chi connectivity index (χ0) is 16.8. The number of amides is 1. The van der Waals surface area contributed by atoms with Crippen LogP contribution in [-0.4, -0.2) is 46.6 Å². The molecule has 1 saturated heterocycles. The third-order valence-corrected chi connectivity index (χ3v) is 4.30. The van der Waals surface area contributed by atoms with Crippen molar-refractivity contribution in [3.63, 3.8) is 0 Å². The number of aromatic nitrogens is 2. The van der Waals surface area contributed by atoms with E-state index in [1.54, 1.807) is 18.4 Å². The summed E-state index contributed by atoms with van der Waals surface area (Å²) in [6, 6.07) is 3.90. The van der Waals surface area contributed by atoms with Crippen LogP contribution >= 0.6 is 0 Å². The lowest BCUT2D eigenvalue weighted by Gasteiger charge is -2.34. The molecule has 24 heavy (non-hydrogen) atoms. The average Bonchev–Trinajstić information content (AvgIpc) is 3.29. The predicted molar refractivity (Wildman–Crippen MR) is 88.2 cm³/mol. The van der Waals surface area contributed by atoms with Crippen molar-refractivity contribution in [2.24, 2.45) is 0 Å². The molecule has 7 nitrogen and oxygen atoms in total. The number of hydrogen-bond donors (Lipinski definition) is 1. The van der Waals surface area contributed by atoms with Crippen LogP contribution in [0, 0.1) is 0 Å². The van der Waals surface area contributed by atoms with Gasteiger partial charge in [-0.1, -0.05) is 12.1 Å². The molecule has 1 N–H and O–H groups in total. The van der Waals surface area contributed by atoms with Crippen LogP contribution in [0.15, 0.2) is 27.3 Å². The van der Waals surface area contributed by atoms with Crippen LogP contribution in [0.3, 0.4) is 0 Å². The van der Waals surface area contributed by atoms with E-state index in [-0.39, 0.29) is 5.91 Å². The number of hydrogen-bond acceptors (Lipinski definition) is 6. The lowest BCUT2D eigenvalue weighted by atomic mass is 10.0. The van der Waals surface area contributed by atoms with Crippen molar-refractivity contribution in [1.82, 2.24) is 20.4 Å². The number of furan rings is 1. The van der Waals surface area contributed by atoms with Crippen molar-refractivity contribution < 1.29 is 13.7 Å². The minimum absolute atomic E-state index is 0.168. The molecule has 2 aromatic heterocycles. The molecule has 1 amide bonds. The Labute approximate surface area is 141 Å². The molecule has 3 heterocycles. The summed E-state index contributed by atoms with van der Waals surface area (Å²) in [5.41, 5.74) is 0. The summed E-state index contributed by atoms with van der Waals surface area (Å²) in [7, 11) is 0. The molecule has 3 rings (SSSR count). The van der Waals surface area contributed by atoms with Gasteiger partial charge >= 0.3 is 0 Å². The van der Waals surface area contributed by atoms with E-state index in [1.165, 1.54) is 0 Å². The largest absolute Gasteiger partial charge is 0.461 e. The van der Waals surface area contributed by atoms with Gasteiger partial charge < -0.3 is 19.2 Å². The van der Waals surface area contributed by atoms with Crippen LogP contribution in [0.25, 0.3) is 11.6 Å². The number of rotatable bonds is 7. The molecule has 0 radical (unpaired) electrons. The predicted octanol–water partition coefficient (Wildman–Crippen LogP) is 2.25. The summed E-state index contributed by atoms with van der Waals surface area (Å²) in [5, 5.41) is 7.24. The van der Waals surface area contributed by atoms with Gasteiger partial charge in [0.15, 0.2) is 5.76 Å². The molecule has 0 spiro atoms. The van der Waals surface area contributed by atoms with Gasteiger partial charge in [-0.2, -0.15) is 4.98 Å². The van der Waals surface area contributed by atoms with Gasteiger partial charge in [-0.3, -0.25) is 4.79 Å². The molecule has 1 aliphatic rings. The second-order valence-corrected chi connectivity index (χ2v) is 6.06. The third kappa shape index (κ3) is 4.03. The van der Waals surface area contributed by atoms with Gasteiger partial charge in [-0.25, -0.2) is 0 Å². The van der Waals surface area contributed by atoms with E-state index in [2.05, 4.69) is 22.4 Å². The van der Waals surface area contributed by atoms with Crippen LogP contribution in [0.1, 0.15) is 38.5 Å². The molecule has 1 fully saturated rings. The Balaban J connectivity index is 1.57. The van der Waals surface area contributed by atoms with E-state index in [1.807, 2.05) is 4.90 Å². The fourth-order valence-corrected chi connectivity index (χ4v) is 3.09. The lowest BCUT2D eigenvalue weighted by molar-refractivity contribution is -0.134. The maximum Gasteiger partial charge on any atom is 0.238 e. The van der Waals surface area contributed by atoms with Gasteiger partial charge in [0, 0.05) is 25.4 Å². The van der Waals surface area contributed by atoms with Gasteiger partial charge in [0.05, 0.1) is 6.26 Å². The molecular formula is C17H24N4O3. The number of nitrogens with zero attached hydrogens (tertiary/aromatic N) is 3. The van der Waals surface area contributed by atoms with E-state index >= 15 is 0 Å². The smallest absolute Gasteiger partial charge is 0.238 e. The van der Waals surface area contributed by atoms with Crippen LogP contribution in [0.2, 0.25) is 0 Å². The minimum atomic E-state index is 0.168. The SMILES string of the molecule is CCCN(C(=O)CCc1nc(-c2ccco2)no1)C1CCNCC1. The third-order valence-electron chi connectivity index (χ3n) is 4.30. The highest BCUT2D eigenvalue weighted by atomic mass is 16.5. The maximum atomic E-state index is 12.6. The molecule has 130 valence electrons. The Morgan fingerprint density at radius 1 is 1.42 bits per heavy atom. The van der Waals surface area contributed by atoms with Gasteiger partial charge in [0.1, 0.15) is 0 Å². The van der Waals surface area contributed by atoms with Gasteiger partial charge in [0.2, 0.25) is 17.6 Å². The fourth-order valence-electron chi connectivity index (χ4n) is 3.09. The van der Waals surface area contributed by atoms with Crippen LogP contribution < -0.4 is 5.32 Å². The minimum Gasteiger partial charge on any atom is -0.461 e. The van der Waals surface area contributed by atoms with E-state index in [4.69, 9.17) is 8.94 Å². The summed E-state index contributed by atoms with van der Waals surface area (Å²) in [5.74, 6) is 1.63. The fraction of sp³-hybridized carbons (Fsp3) is 0.588. The van der Waals surface area contributed by atoms with Crippen LogP contribution in [0.5, 0.6) is 0 Å². The van der Waals surface area contributed by atoms with Crippen LogP contribution in [0.4, 0.5) is 0 Å². The number of carbonyl (C=O) groups excluding carboxylic acids is 1.